The van der Waals surface area contributed by atoms with Crippen molar-refractivity contribution >= 4 is 16.6 Å². The average molecular weight is 241 g/mol. The maximum atomic E-state index is 12.1. The van der Waals surface area contributed by atoms with Gasteiger partial charge in [-0.3, -0.25) is 4.79 Å². The van der Waals surface area contributed by atoms with E-state index in [1.165, 1.54) is 0 Å². The maximum Gasteiger partial charge on any atom is 0.176 e. The number of nitrogens with one attached hydrogen (secondary N) is 1. The summed E-state index contributed by atoms with van der Waals surface area (Å²) in [5.41, 5.74) is 0.734. The smallest absolute Gasteiger partial charge is 0.176 e. The van der Waals surface area contributed by atoms with E-state index in [1.54, 1.807) is 0 Å². The van der Waals surface area contributed by atoms with Crippen molar-refractivity contribution in [2.24, 2.45) is 0 Å². The molecule has 0 radical (unpaired) electrons. The van der Waals surface area contributed by atoms with E-state index in [-0.39, 0.29) is 11.3 Å². The highest BCUT2D eigenvalue weighted by molar-refractivity contribution is 6.01. The lowest BCUT2D eigenvalue weighted by molar-refractivity contribution is 0.0982. The van der Waals surface area contributed by atoms with Crippen LogP contribution in [0.4, 0.5) is 0 Å². The van der Waals surface area contributed by atoms with Crippen molar-refractivity contribution in [3.8, 4) is 0 Å². The van der Waals surface area contributed by atoms with E-state index in [0.717, 1.165) is 16.3 Å². The monoisotopic (exact) mass is 241 g/mol. The molecule has 0 aliphatic heterocycles. The number of rotatable bonds is 3. The summed E-state index contributed by atoms with van der Waals surface area (Å²) in [5, 5.41) is 5.49. The molecule has 2 rings (SSSR count). The van der Waals surface area contributed by atoms with Crippen LogP contribution in [0.5, 0.6) is 0 Å². The fourth-order valence-electron chi connectivity index (χ4n) is 1.81. The second-order valence-electron chi connectivity index (χ2n) is 5.59. The second kappa shape index (κ2) is 4.91. The first-order valence-corrected chi connectivity index (χ1v) is 6.23. The Morgan fingerprint density at radius 3 is 2.39 bits per heavy atom. The summed E-state index contributed by atoms with van der Waals surface area (Å²) in [6.45, 7) is 6.55. The molecule has 0 atom stereocenters. The van der Waals surface area contributed by atoms with Crippen molar-refractivity contribution in [3.63, 3.8) is 0 Å². The molecule has 2 aromatic carbocycles. The number of hydrogen-bond acceptors (Lipinski definition) is 2. The fourth-order valence-corrected chi connectivity index (χ4v) is 1.81. The number of carbonyl (C=O) groups is 1. The van der Waals surface area contributed by atoms with Crippen molar-refractivity contribution in [1.82, 2.24) is 5.32 Å². The molecule has 94 valence electrons. The molecule has 2 aromatic rings. The van der Waals surface area contributed by atoms with Gasteiger partial charge in [-0.2, -0.15) is 0 Å². The van der Waals surface area contributed by atoms with Crippen LogP contribution in [0.1, 0.15) is 31.1 Å². The molecule has 0 heterocycles. The van der Waals surface area contributed by atoms with Crippen LogP contribution in [0.25, 0.3) is 10.8 Å². The first kappa shape index (κ1) is 12.8. The zero-order chi connectivity index (χ0) is 13.2. The predicted molar refractivity (Wildman–Crippen MR) is 76.0 cm³/mol. The van der Waals surface area contributed by atoms with Gasteiger partial charge in [-0.15, -0.1) is 0 Å². The fraction of sp³-hybridized carbons (Fsp3) is 0.312. The van der Waals surface area contributed by atoms with Crippen molar-refractivity contribution in [2.45, 2.75) is 26.3 Å². The van der Waals surface area contributed by atoms with Crippen LogP contribution in [0.2, 0.25) is 0 Å². The van der Waals surface area contributed by atoms with Gasteiger partial charge in [0.15, 0.2) is 5.78 Å². The van der Waals surface area contributed by atoms with Crippen molar-refractivity contribution in [1.29, 1.82) is 0 Å². The Kier molecular flexibility index (Phi) is 3.48. The summed E-state index contributed by atoms with van der Waals surface area (Å²) in [6, 6.07) is 13.9. The molecule has 0 saturated heterocycles. The SMILES string of the molecule is CC(C)(C)NCC(=O)c1ccc2ccccc2c1. The van der Waals surface area contributed by atoms with Gasteiger partial charge < -0.3 is 5.32 Å². The standard InChI is InChI=1S/C16H19NO/c1-16(2,3)17-11-15(18)14-9-8-12-6-4-5-7-13(12)10-14/h4-10,17H,11H2,1-3H3. The van der Waals surface area contributed by atoms with E-state index in [9.17, 15) is 4.79 Å². The molecule has 0 bridgehead atoms. The first-order chi connectivity index (χ1) is 8.46. The molecule has 0 saturated carbocycles. The van der Waals surface area contributed by atoms with Crippen LogP contribution < -0.4 is 5.32 Å². The largest absolute Gasteiger partial charge is 0.305 e. The van der Waals surface area contributed by atoms with E-state index < -0.39 is 0 Å². The Morgan fingerprint density at radius 2 is 1.72 bits per heavy atom. The van der Waals surface area contributed by atoms with Gasteiger partial charge in [0.25, 0.3) is 0 Å². The first-order valence-electron chi connectivity index (χ1n) is 6.23. The molecule has 0 fully saturated rings. The molecule has 0 unspecified atom stereocenters. The van der Waals surface area contributed by atoms with Gasteiger partial charge in [-0.05, 0) is 37.6 Å². The van der Waals surface area contributed by atoms with Gasteiger partial charge in [0.1, 0.15) is 0 Å². The molecular formula is C16H19NO. The van der Waals surface area contributed by atoms with Gasteiger partial charge in [0.05, 0.1) is 6.54 Å². The lowest BCUT2D eigenvalue weighted by atomic mass is 10.0. The van der Waals surface area contributed by atoms with Gasteiger partial charge in [0.2, 0.25) is 0 Å². The number of carbonyl (C=O) groups excluding carboxylic acids is 1. The summed E-state index contributed by atoms with van der Waals surface area (Å²) in [5.74, 6) is 0.135. The zero-order valence-corrected chi connectivity index (χ0v) is 11.2. The molecular weight excluding hydrogens is 222 g/mol. The molecule has 1 N–H and O–H groups in total. The van der Waals surface area contributed by atoms with Crippen molar-refractivity contribution in [2.75, 3.05) is 6.54 Å². The summed E-state index contributed by atoms with van der Waals surface area (Å²) < 4.78 is 0. The summed E-state index contributed by atoms with van der Waals surface area (Å²) in [6.07, 6.45) is 0. The quantitative estimate of drug-likeness (QED) is 0.834. The molecule has 2 nitrogen and oxygen atoms in total. The van der Waals surface area contributed by atoms with Crippen LogP contribution in [0.15, 0.2) is 42.5 Å². The van der Waals surface area contributed by atoms with Gasteiger partial charge in [0, 0.05) is 11.1 Å². The summed E-state index contributed by atoms with van der Waals surface area (Å²) in [4.78, 5) is 12.1. The Labute approximate surface area is 108 Å². The molecule has 18 heavy (non-hydrogen) atoms. The minimum absolute atomic E-state index is 0.0352. The summed E-state index contributed by atoms with van der Waals surface area (Å²) in [7, 11) is 0. The van der Waals surface area contributed by atoms with Crippen LogP contribution in [-0.2, 0) is 0 Å². The van der Waals surface area contributed by atoms with Crippen LogP contribution in [0.3, 0.4) is 0 Å². The van der Waals surface area contributed by atoms with Crippen molar-refractivity contribution < 1.29 is 4.79 Å². The van der Waals surface area contributed by atoms with Crippen LogP contribution in [-0.4, -0.2) is 17.9 Å². The van der Waals surface area contributed by atoms with E-state index in [1.807, 2.05) is 36.4 Å². The minimum atomic E-state index is -0.0352. The normalized spacial score (nSPS) is 11.7. The highest BCUT2D eigenvalue weighted by Gasteiger charge is 2.12. The Hall–Kier alpha value is -1.67. The molecule has 0 aliphatic carbocycles. The van der Waals surface area contributed by atoms with Gasteiger partial charge in [-0.1, -0.05) is 36.4 Å². The maximum absolute atomic E-state index is 12.1. The number of fused-ring (bicyclic) bond motifs is 1. The van der Waals surface area contributed by atoms with E-state index >= 15 is 0 Å². The third-order valence-corrected chi connectivity index (χ3v) is 2.85. The minimum Gasteiger partial charge on any atom is -0.305 e. The Balaban J connectivity index is 2.18. The molecule has 0 amide bonds. The van der Waals surface area contributed by atoms with Gasteiger partial charge in [-0.25, -0.2) is 0 Å². The number of Topliss-reactive ketones (excluding diaryl/α,β-unsaturated/α-hetero) is 1. The van der Waals surface area contributed by atoms with E-state index in [4.69, 9.17) is 0 Å². The lowest BCUT2D eigenvalue weighted by Crippen LogP contribution is -2.39. The Morgan fingerprint density at radius 1 is 1.06 bits per heavy atom. The summed E-state index contributed by atoms with van der Waals surface area (Å²) >= 11 is 0. The van der Waals surface area contributed by atoms with Crippen LogP contribution in [0, 0.1) is 0 Å². The molecule has 0 spiro atoms. The van der Waals surface area contributed by atoms with E-state index in [2.05, 4.69) is 32.2 Å². The third-order valence-electron chi connectivity index (χ3n) is 2.85. The highest BCUT2D eigenvalue weighted by atomic mass is 16.1. The Bertz CT molecular complexity index is 567. The highest BCUT2D eigenvalue weighted by Crippen LogP contribution is 2.16. The van der Waals surface area contributed by atoms with Crippen molar-refractivity contribution in [3.05, 3.63) is 48.0 Å². The third kappa shape index (κ3) is 3.17. The number of benzene rings is 2. The number of ketones is 1. The van der Waals surface area contributed by atoms with Gasteiger partial charge >= 0.3 is 0 Å². The molecule has 2 heteroatoms. The average Bonchev–Trinajstić information content (AvgIpc) is 2.34. The van der Waals surface area contributed by atoms with Crippen LogP contribution >= 0.6 is 0 Å². The topological polar surface area (TPSA) is 29.1 Å². The second-order valence-corrected chi connectivity index (χ2v) is 5.59. The number of hydrogen-bond donors (Lipinski definition) is 1. The molecule has 0 aliphatic rings. The van der Waals surface area contributed by atoms with E-state index in [0.29, 0.717) is 6.54 Å². The zero-order valence-electron chi connectivity index (χ0n) is 11.2. The predicted octanol–water partition coefficient (Wildman–Crippen LogP) is 3.41. The lowest BCUT2D eigenvalue weighted by Gasteiger charge is -2.19. The molecule has 0 aromatic heterocycles.